The summed E-state index contributed by atoms with van der Waals surface area (Å²) in [7, 11) is 1.90. The van der Waals surface area contributed by atoms with E-state index in [1.165, 1.54) is 0 Å². The predicted octanol–water partition coefficient (Wildman–Crippen LogP) is 4.70. The third kappa shape index (κ3) is 5.48. The molecule has 0 heterocycles. The first kappa shape index (κ1) is 18.2. The van der Waals surface area contributed by atoms with Crippen LogP contribution in [0, 0.1) is 0 Å². The molecule has 0 spiro atoms. The summed E-state index contributed by atoms with van der Waals surface area (Å²) in [5, 5.41) is 12.2. The molecule has 21 heavy (non-hydrogen) atoms. The van der Waals surface area contributed by atoms with E-state index in [0.29, 0.717) is 35.9 Å². The van der Waals surface area contributed by atoms with Gasteiger partial charge in [-0.1, -0.05) is 41.4 Å². The quantitative estimate of drug-likeness (QED) is 0.525. The second-order valence-electron chi connectivity index (χ2n) is 5.21. The maximum atomic E-state index is 10.9. The van der Waals surface area contributed by atoms with Crippen LogP contribution in [0.5, 0.6) is 0 Å². The smallest absolute Gasteiger partial charge is 0.119 e. The lowest BCUT2D eigenvalue weighted by Crippen LogP contribution is -2.46. The molecule has 0 saturated heterocycles. The Kier molecular flexibility index (Phi) is 7.47. The van der Waals surface area contributed by atoms with Crippen molar-refractivity contribution in [2.45, 2.75) is 31.4 Å². The third-order valence-electron chi connectivity index (χ3n) is 3.67. The minimum atomic E-state index is -0.897. The van der Waals surface area contributed by atoms with E-state index in [2.05, 4.69) is 13.2 Å². The summed E-state index contributed by atoms with van der Waals surface area (Å²) < 4.78 is 0. The molecule has 1 rings (SSSR count). The van der Waals surface area contributed by atoms with Crippen molar-refractivity contribution >= 4 is 23.2 Å². The molecule has 1 aromatic carbocycles. The molecule has 1 atom stereocenters. The van der Waals surface area contributed by atoms with Crippen LogP contribution < -0.4 is 0 Å². The number of hydrogen-bond acceptors (Lipinski definition) is 2. The molecule has 1 aromatic rings. The topological polar surface area (TPSA) is 23.5 Å². The fourth-order valence-corrected chi connectivity index (χ4v) is 2.77. The Morgan fingerprint density at radius 1 is 1.24 bits per heavy atom. The van der Waals surface area contributed by atoms with Gasteiger partial charge in [-0.05, 0) is 50.4 Å². The van der Waals surface area contributed by atoms with Crippen LogP contribution in [0.1, 0.15) is 24.8 Å². The number of nitrogens with zero attached hydrogens (tertiary/aromatic N) is 1. The van der Waals surface area contributed by atoms with E-state index in [0.717, 1.165) is 12.0 Å². The van der Waals surface area contributed by atoms with Crippen LogP contribution in [0.3, 0.4) is 0 Å². The van der Waals surface area contributed by atoms with E-state index in [-0.39, 0.29) is 0 Å². The van der Waals surface area contributed by atoms with Crippen LogP contribution in [0.15, 0.2) is 43.5 Å². The number of allylic oxidation sites excluding steroid dienone is 1. The number of aliphatic hydroxyl groups is 1. The normalized spacial score (nSPS) is 14.0. The zero-order valence-electron chi connectivity index (χ0n) is 12.5. The molecular weight excluding hydrogens is 305 g/mol. The van der Waals surface area contributed by atoms with Gasteiger partial charge in [0, 0.05) is 16.6 Å². The van der Waals surface area contributed by atoms with Gasteiger partial charge >= 0.3 is 0 Å². The molecule has 1 unspecified atom stereocenters. The van der Waals surface area contributed by atoms with Gasteiger partial charge in [0.15, 0.2) is 0 Å². The maximum Gasteiger partial charge on any atom is 0.119 e. The van der Waals surface area contributed by atoms with Gasteiger partial charge in [0.2, 0.25) is 0 Å². The number of aryl methyl sites for hydroxylation is 1. The Balaban J connectivity index is 2.80. The van der Waals surface area contributed by atoms with Crippen molar-refractivity contribution in [2.24, 2.45) is 0 Å². The standard InChI is InChI=1S/C17H23Cl2NO/c1-4-6-10-17(21,20(3)12-5-2)11-9-14-7-8-15(18)13-16(14)19/h4-5,7-8,13,21H,1-2,6,9-12H2,3H3. The fraction of sp³-hybridized carbons (Fsp3) is 0.412. The highest BCUT2D eigenvalue weighted by Crippen LogP contribution is 2.27. The Morgan fingerprint density at radius 2 is 1.95 bits per heavy atom. The number of halogens is 2. The Bertz CT molecular complexity index is 490. The molecule has 0 aliphatic rings. The van der Waals surface area contributed by atoms with E-state index in [4.69, 9.17) is 23.2 Å². The van der Waals surface area contributed by atoms with E-state index in [1.54, 1.807) is 12.1 Å². The molecule has 0 aliphatic carbocycles. The Labute approximate surface area is 137 Å². The molecule has 0 aliphatic heterocycles. The summed E-state index contributed by atoms with van der Waals surface area (Å²) in [4.78, 5) is 1.91. The van der Waals surface area contributed by atoms with E-state index in [1.807, 2.05) is 30.2 Å². The average molecular weight is 328 g/mol. The zero-order valence-corrected chi connectivity index (χ0v) is 14.0. The van der Waals surface area contributed by atoms with Crippen molar-refractivity contribution in [3.63, 3.8) is 0 Å². The van der Waals surface area contributed by atoms with Crippen LogP contribution in [0.2, 0.25) is 10.0 Å². The molecular formula is C17H23Cl2NO. The summed E-state index contributed by atoms with van der Waals surface area (Å²) in [6, 6.07) is 5.46. The second kappa shape index (κ2) is 8.60. The number of hydrogen-bond donors (Lipinski definition) is 1. The van der Waals surface area contributed by atoms with E-state index < -0.39 is 5.72 Å². The van der Waals surface area contributed by atoms with Gasteiger partial charge in [0.1, 0.15) is 5.72 Å². The van der Waals surface area contributed by atoms with Crippen molar-refractivity contribution in [3.05, 3.63) is 59.1 Å². The zero-order chi connectivity index (χ0) is 15.9. The largest absolute Gasteiger partial charge is 0.376 e. The van der Waals surface area contributed by atoms with Crippen molar-refractivity contribution in [2.75, 3.05) is 13.6 Å². The van der Waals surface area contributed by atoms with Crippen LogP contribution in [0.25, 0.3) is 0 Å². The maximum absolute atomic E-state index is 10.9. The van der Waals surface area contributed by atoms with Crippen LogP contribution in [-0.4, -0.2) is 29.3 Å². The van der Waals surface area contributed by atoms with Gasteiger partial charge in [-0.3, -0.25) is 4.90 Å². The highest BCUT2D eigenvalue weighted by atomic mass is 35.5. The highest BCUT2D eigenvalue weighted by molar-refractivity contribution is 6.35. The van der Waals surface area contributed by atoms with Gasteiger partial charge in [0.05, 0.1) is 0 Å². The Hall–Kier alpha value is -0.800. The van der Waals surface area contributed by atoms with Crippen LogP contribution >= 0.6 is 23.2 Å². The van der Waals surface area contributed by atoms with Gasteiger partial charge in [-0.2, -0.15) is 0 Å². The fourth-order valence-electron chi connectivity index (χ4n) is 2.26. The van der Waals surface area contributed by atoms with Crippen molar-refractivity contribution in [3.8, 4) is 0 Å². The summed E-state index contributed by atoms with van der Waals surface area (Å²) >= 11 is 12.1. The average Bonchev–Trinajstić information content (AvgIpc) is 2.44. The highest BCUT2D eigenvalue weighted by Gasteiger charge is 2.30. The van der Waals surface area contributed by atoms with Gasteiger partial charge in [-0.25, -0.2) is 0 Å². The van der Waals surface area contributed by atoms with Gasteiger partial charge in [-0.15, -0.1) is 13.2 Å². The summed E-state index contributed by atoms with van der Waals surface area (Å²) in [6.07, 6.45) is 6.27. The van der Waals surface area contributed by atoms with Crippen molar-refractivity contribution in [1.29, 1.82) is 0 Å². The summed E-state index contributed by atoms with van der Waals surface area (Å²) in [5.74, 6) is 0. The summed E-state index contributed by atoms with van der Waals surface area (Å²) in [6.45, 7) is 8.08. The monoisotopic (exact) mass is 327 g/mol. The van der Waals surface area contributed by atoms with E-state index in [9.17, 15) is 5.11 Å². The first-order valence-electron chi connectivity index (χ1n) is 7.02. The van der Waals surface area contributed by atoms with Crippen molar-refractivity contribution in [1.82, 2.24) is 4.90 Å². The van der Waals surface area contributed by atoms with Crippen LogP contribution in [0.4, 0.5) is 0 Å². The molecule has 0 amide bonds. The Morgan fingerprint density at radius 3 is 2.52 bits per heavy atom. The first-order valence-corrected chi connectivity index (χ1v) is 7.78. The molecule has 0 bridgehead atoms. The number of benzene rings is 1. The molecule has 0 saturated carbocycles. The molecule has 0 aromatic heterocycles. The molecule has 2 nitrogen and oxygen atoms in total. The predicted molar refractivity (Wildman–Crippen MR) is 92.0 cm³/mol. The second-order valence-corrected chi connectivity index (χ2v) is 6.06. The lowest BCUT2D eigenvalue weighted by molar-refractivity contribution is -0.101. The first-order chi connectivity index (χ1) is 9.92. The molecule has 116 valence electrons. The molecule has 0 radical (unpaired) electrons. The minimum Gasteiger partial charge on any atom is -0.376 e. The van der Waals surface area contributed by atoms with Gasteiger partial charge in [0.25, 0.3) is 0 Å². The third-order valence-corrected chi connectivity index (χ3v) is 4.26. The lowest BCUT2D eigenvalue weighted by Gasteiger charge is -2.37. The molecule has 0 fully saturated rings. The van der Waals surface area contributed by atoms with Gasteiger partial charge < -0.3 is 5.11 Å². The molecule has 4 heteroatoms. The SMILES string of the molecule is C=CCCC(O)(CCc1ccc(Cl)cc1Cl)N(C)CC=C. The van der Waals surface area contributed by atoms with Crippen LogP contribution in [-0.2, 0) is 6.42 Å². The molecule has 1 N–H and O–H groups in total. The van der Waals surface area contributed by atoms with Crippen molar-refractivity contribution < 1.29 is 5.11 Å². The van der Waals surface area contributed by atoms with E-state index >= 15 is 0 Å². The number of rotatable bonds is 9. The number of likely N-dealkylation sites (N-methyl/N-ethyl adjacent to an activating group) is 1. The summed E-state index contributed by atoms with van der Waals surface area (Å²) in [5.41, 5.74) is 0.0934. The minimum absolute atomic E-state index is 0.590. The lowest BCUT2D eigenvalue weighted by atomic mass is 9.96.